The van der Waals surface area contributed by atoms with Crippen molar-refractivity contribution >= 4 is 69.9 Å². The summed E-state index contributed by atoms with van der Waals surface area (Å²) in [6, 6.07) is 10.4. The Morgan fingerprint density at radius 3 is 2.56 bits per heavy atom. The third kappa shape index (κ3) is 6.26. The fraction of sp³-hybridized carbons (Fsp3) is 0.355. The van der Waals surface area contributed by atoms with E-state index < -0.39 is 11.4 Å². The zero-order chi connectivity index (χ0) is 30.3. The number of amidine groups is 1. The van der Waals surface area contributed by atoms with E-state index in [1.807, 2.05) is 39.0 Å². The van der Waals surface area contributed by atoms with Gasteiger partial charge in [-0.05, 0) is 63.6 Å². The van der Waals surface area contributed by atoms with Gasteiger partial charge in [0.1, 0.15) is 23.1 Å². The monoisotopic (exact) mass is 623 g/mol. The summed E-state index contributed by atoms with van der Waals surface area (Å²) in [6.07, 6.45) is 4.24. The molecule has 1 fully saturated rings. The fourth-order valence-corrected chi connectivity index (χ4v) is 5.83. The molecule has 0 atom stereocenters. The Bertz CT molecular complexity index is 1630. The maximum absolute atomic E-state index is 15.3. The molecule has 4 heterocycles. The highest BCUT2D eigenvalue weighted by Gasteiger charge is 2.31. The fourth-order valence-electron chi connectivity index (χ4n) is 5.32. The second-order valence-corrected chi connectivity index (χ2v) is 12.5. The van der Waals surface area contributed by atoms with Gasteiger partial charge in [-0.15, -0.1) is 0 Å². The number of carbonyl (C=O) groups is 1. The molecule has 224 valence electrons. The van der Waals surface area contributed by atoms with Gasteiger partial charge in [0.05, 0.1) is 10.7 Å². The normalized spacial score (nSPS) is 16.7. The molecule has 0 unspecified atom stereocenters. The van der Waals surface area contributed by atoms with Crippen LogP contribution in [0.2, 0.25) is 10.0 Å². The molecule has 9 nitrogen and oxygen atoms in total. The van der Waals surface area contributed by atoms with E-state index in [0.717, 1.165) is 41.2 Å². The van der Waals surface area contributed by atoms with Crippen LogP contribution in [0.5, 0.6) is 0 Å². The second kappa shape index (κ2) is 11.7. The van der Waals surface area contributed by atoms with Crippen molar-refractivity contribution in [3.63, 3.8) is 0 Å². The Kier molecular flexibility index (Phi) is 7.91. The van der Waals surface area contributed by atoms with Crippen LogP contribution in [0.25, 0.3) is 11.6 Å². The van der Waals surface area contributed by atoms with Crippen LogP contribution in [0.1, 0.15) is 38.3 Å². The van der Waals surface area contributed by atoms with Crippen molar-refractivity contribution in [3.05, 3.63) is 69.6 Å². The van der Waals surface area contributed by atoms with Gasteiger partial charge in [0.15, 0.2) is 0 Å². The number of fused-ring (bicyclic) bond motifs is 3. The number of anilines is 4. The average Bonchev–Trinajstić information content (AvgIpc) is 2.97. The molecule has 1 N–H and O–H groups in total. The molecule has 2 aromatic carbocycles. The second-order valence-electron chi connectivity index (χ2n) is 11.6. The van der Waals surface area contributed by atoms with E-state index in [1.165, 1.54) is 6.07 Å². The van der Waals surface area contributed by atoms with Crippen LogP contribution in [-0.2, 0) is 4.74 Å². The molecule has 43 heavy (non-hydrogen) atoms. The lowest BCUT2D eigenvalue weighted by Crippen LogP contribution is -2.50. The van der Waals surface area contributed by atoms with Gasteiger partial charge in [-0.3, -0.25) is 4.99 Å². The van der Waals surface area contributed by atoms with Crippen molar-refractivity contribution in [2.45, 2.75) is 32.8 Å². The largest absolute Gasteiger partial charge is 0.444 e. The Balaban J connectivity index is 1.19. The SMILES string of the molecule is CC(C)(C)OC(=O)N1CCN(c2ccc(Nc3ncc4c(n3)N3CCCN=C3C(c3ccc(Cl)cc3Cl)=C4)c(F)c2)CC1. The molecule has 0 radical (unpaired) electrons. The first-order valence-corrected chi connectivity index (χ1v) is 15.0. The first-order chi connectivity index (χ1) is 20.6. The number of rotatable bonds is 4. The lowest BCUT2D eigenvalue weighted by molar-refractivity contribution is 0.0240. The standard InChI is InChI=1S/C31H32Cl2FN7O2/c1-31(2,3)43-30(42)40-13-11-39(12-14-40)21-6-8-26(25(34)17-21)37-29-36-18-19-15-23(22-7-5-20(32)16-24(22)33)28-35-9-4-10-41(28)27(19)38-29/h5-8,15-18H,4,9-14H2,1-3H3,(H,36,37,38). The lowest BCUT2D eigenvalue weighted by atomic mass is 9.97. The number of aromatic nitrogens is 2. The summed E-state index contributed by atoms with van der Waals surface area (Å²) in [7, 11) is 0. The van der Waals surface area contributed by atoms with Gasteiger partial charge >= 0.3 is 6.09 Å². The molecule has 1 amide bonds. The highest BCUT2D eigenvalue weighted by Crippen LogP contribution is 2.38. The van der Waals surface area contributed by atoms with Gasteiger partial charge in [0.2, 0.25) is 5.95 Å². The number of hydrogen-bond acceptors (Lipinski definition) is 8. The van der Waals surface area contributed by atoms with Crippen LogP contribution in [0.3, 0.4) is 0 Å². The number of ether oxygens (including phenoxy) is 1. The summed E-state index contributed by atoms with van der Waals surface area (Å²) >= 11 is 12.7. The molecule has 0 spiro atoms. The first-order valence-electron chi connectivity index (χ1n) is 14.2. The van der Waals surface area contributed by atoms with Gasteiger partial charge < -0.3 is 24.8 Å². The van der Waals surface area contributed by atoms with E-state index in [2.05, 4.69) is 20.1 Å². The molecule has 1 aromatic heterocycles. The van der Waals surface area contributed by atoms with E-state index in [0.29, 0.717) is 48.6 Å². The maximum atomic E-state index is 15.3. The van der Waals surface area contributed by atoms with E-state index >= 15 is 4.39 Å². The number of benzene rings is 2. The molecule has 0 saturated carbocycles. The maximum Gasteiger partial charge on any atom is 0.410 e. The number of halogens is 3. The quantitative estimate of drug-likeness (QED) is 0.339. The van der Waals surface area contributed by atoms with Crippen LogP contribution in [0.15, 0.2) is 47.6 Å². The third-order valence-corrected chi connectivity index (χ3v) is 7.91. The van der Waals surface area contributed by atoms with E-state index in [9.17, 15) is 4.79 Å². The molecule has 0 aliphatic carbocycles. The minimum Gasteiger partial charge on any atom is -0.444 e. The number of hydrogen-bond donors (Lipinski definition) is 1. The Morgan fingerprint density at radius 1 is 1.05 bits per heavy atom. The van der Waals surface area contributed by atoms with Gasteiger partial charge in [0.25, 0.3) is 0 Å². The summed E-state index contributed by atoms with van der Waals surface area (Å²) in [5.41, 5.74) is 2.99. The average molecular weight is 625 g/mol. The van der Waals surface area contributed by atoms with Gasteiger partial charge in [-0.25, -0.2) is 14.2 Å². The number of nitrogens with zero attached hydrogens (tertiary/aromatic N) is 6. The topological polar surface area (TPSA) is 86.2 Å². The molecule has 3 aliphatic heterocycles. The van der Waals surface area contributed by atoms with Crippen molar-refractivity contribution in [3.8, 4) is 0 Å². The summed E-state index contributed by atoms with van der Waals surface area (Å²) in [5.74, 6) is 1.34. The van der Waals surface area contributed by atoms with Crippen molar-refractivity contribution in [2.75, 3.05) is 54.4 Å². The molecule has 3 aliphatic rings. The number of amides is 1. The molecule has 3 aromatic rings. The number of nitrogens with one attached hydrogen (secondary N) is 1. The van der Waals surface area contributed by atoms with Crippen molar-refractivity contribution in [2.24, 2.45) is 4.99 Å². The third-order valence-electron chi connectivity index (χ3n) is 7.37. The van der Waals surface area contributed by atoms with Crippen LogP contribution in [-0.4, -0.2) is 71.7 Å². The smallest absolute Gasteiger partial charge is 0.410 e. The Labute approximate surface area is 260 Å². The molecule has 6 rings (SSSR count). The first kappa shape index (κ1) is 29.2. The summed E-state index contributed by atoms with van der Waals surface area (Å²) in [4.78, 5) is 32.2. The van der Waals surface area contributed by atoms with Gasteiger partial charge in [-0.1, -0.05) is 29.3 Å². The molecule has 0 bridgehead atoms. The molecular formula is C31H32Cl2FN7O2. The summed E-state index contributed by atoms with van der Waals surface area (Å²) in [6.45, 7) is 9.14. The lowest BCUT2D eigenvalue weighted by Gasteiger charge is -2.36. The summed E-state index contributed by atoms with van der Waals surface area (Å²) in [5, 5.41) is 4.15. The highest BCUT2D eigenvalue weighted by atomic mass is 35.5. The van der Waals surface area contributed by atoms with Crippen molar-refractivity contribution < 1.29 is 13.9 Å². The van der Waals surface area contributed by atoms with E-state index in [1.54, 1.807) is 29.3 Å². The molecular weight excluding hydrogens is 592 g/mol. The van der Waals surface area contributed by atoms with Gasteiger partial charge in [0, 0.05) is 72.9 Å². The Hall–Kier alpha value is -3.89. The van der Waals surface area contributed by atoms with Crippen LogP contribution >= 0.6 is 23.2 Å². The Morgan fingerprint density at radius 2 is 1.84 bits per heavy atom. The predicted octanol–water partition coefficient (Wildman–Crippen LogP) is 6.89. The number of piperazine rings is 1. The zero-order valence-electron chi connectivity index (χ0n) is 24.2. The van der Waals surface area contributed by atoms with E-state index in [4.69, 9.17) is 37.9 Å². The molecule has 1 saturated heterocycles. The van der Waals surface area contributed by atoms with Crippen molar-refractivity contribution in [1.82, 2.24) is 14.9 Å². The van der Waals surface area contributed by atoms with Crippen LogP contribution < -0.4 is 15.1 Å². The number of carbonyl (C=O) groups excluding carboxylic acids is 1. The predicted molar refractivity (Wildman–Crippen MR) is 170 cm³/mol. The molecule has 12 heteroatoms. The minimum atomic E-state index is -0.545. The van der Waals surface area contributed by atoms with Crippen LogP contribution in [0, 0.1) is 5.82 Å². The van der Waals surface area contributed by atoms with Crippen molar-refractivity contribution in [1.29, 1.82) is 0 Å². The van der Waals surface area contributed by atoms with Crippen LogP contribution in [0.4, 0.5) is 32.3 Å². The highest BCUT2D eigenvalue weighted by molar-refractivity contribution is 6.41. The van der Waals surface area contributed by atoms with Gasteiger partial charge in [-0.2, -0.15) is 4.98 Å². The minimum absolute atomic E-state index is 0.267. The number of aliphatic imine (C=N–C) groups is 1. The zero-order valence-corrected chi connectivity index (χ0v) is 25.7. The van der Waals surface area contributed by atoms with E-state index in [-0.39, 0.29) is 17.7 Å². The summed E-state index contributed by atoms with van der Waals surface area (Å²) < 4.78 is 20.8.